The lowest BCUT2D eigenvalue weighted by atomic mass is 10.0. The monoisotopic (exact) mass is 353 g/mol. The summed E-state index contributed by atoms with van der Waals surface area (Å²) in [5.41, 5.74) is 2.63. The minimum Gasteiger partial charge on any atom is -0.497 e. The van der Waals surface area contributed by atoms with Crippen LogP contribution in [0.25, 0.3) is 6.08 Å². The van der Waals surface area contributed by atoms with E-state index in [1.165, 1.54) is 6.92 Å². The Kier molecular flexibility index (Phi) is 6.55. The first kappa shape index (κ1) is 19.2. The average Bonchev–Trinajstić information content (AvgIpc) is 2.63. The van der Waals surface area contributed by atoms with Gasteiger partial charge in [-0.05, 0) is 26.0 Å². The van der Waals surface area contributed by atoms with Crippen LogP contribution in [0.1, 0.15) is 35.3 Å². The Morgan fingerprint density at radius 1 is 1.12 bits per heavy atom. The predicted molar refractivity (Wildman–Crippen MR) is 103 cm³/mol. The summed E-state index contributed by atoms with van der Waals surface area (Å²) in [4.78, 5) is 24.4. The molecule has 0 aliphatic carbocycles. The van der Waals surface area contributed by atoms with Crippen LogP contribution in [-0.4, -0.2) is 25.9 Å². The minimum absolute atomic E-state index is 0.0500. The van der Waals surface area contributed by atoms with Crippen molar-refractivity contribution in [2.75, 3.05) is 19.5 Å². The van der Waals surface area contributed by atoms with Gasteiger partial charge in [-0.3, -0.25) is 9.59 Å². The van der Waals surface area contributed by atoms with Crippen molar-refractivity contribution in [1.29, 1.82) is 0 Å². The number of carbonyl (C=O) groups is 2. The van der Waals surface area contributed by atoms with E-state index >= 15 is 0 Å². The number of benzene rings is 2. The molecule has 1 N–H and O–H groups in total. The highest BCUT2D eigenvalue weighted by atomic mass is 16.5. The molecule has 2 aromatic rings. The number of hydrogen-bond donors (Lipinski definition) is 1. The molecule has 1 amide bonds. The summed E-state index contributed by atoms with van der Waals surface area (Å²) >= 11 is 0. The molecular weight excluding hydrogens is 330 g/mol. The van der Waals surface area contributed by atoms with Crippen LogP contribution in [0.5, 0.6) is 11.5 Å². The molecule has 0 unspecified atom stereocenters. The molecular formula is C21H23NO4. The molecule has 0 spiro atoms. The molecule has 0 heterocycles. The van der Waals surface area contributed by atoms with Crippen molar-refractivity contribution in [2.24, 2.45) is 0 Å². The van der Waals surface area contributed by atoms with Gasteiger partial charge < -0.3 is 14.8 Å². The fourth-order valence-electron chi connectivity index (χ4n) is 2.69. The molecule has 0 aliphatic heterocycles. The standard InChI is InChI=1S/C21H23NO4/c1-5-7-18-17(14(2)23)8-6-9-19(18)22-21(24)12-15-10-11-16(25-3)13-20(15)26-4/h5-11,13H,12H2,1-4H3,(H,22,24)/b7-5-. The molecule has 0 atom stereocenters. The third-order valence-electron chi connectivity index (χ3n) is 3.94. The van der Waals surface area contributed by atoms with E-state index in [4.69, 9.17) is 9.47 Å². The molecule has 0 radical (unpaired) electrons. The lowest BCUT2D eigenvalue weighted by Gasteiger charge is -2.13. The van der Waals surface area contributed by atoms with Gasteiger partial charge in [-0.25, -0.2) is 0 Å². The van der Waals surface area contributed by atoms with Gasteiger partial charge in [-0.15, -0.1) is 0 Å². The SMILES string of the molecule is C/C=C\c1c(NC(=O)Cc2ccc(OC)cc2OC)cccc1C(C)=O. The average molecular weight is 353 g/mol. The Balaban J connectivity index is 2.26. The first-order valence-electron chi connectivity index (χ1n) is 8.27. The van der Waals surface area contributed by atoms with Gasteiger partial charge in [-0.2, -0.15) is 0 Å². The van der Waals surface area contributed by atoms with Crippen LogP contribution in [0.2, 0.25) is 0 Å². The van der Waals surface area contributed by atoms with E-state index in [2.05, 4.69) is 5.32 Å². The second-order valence-corrected chi connectivity index (χ2v) is 5.73. The summed E-state index contributed by atoms with van der Waals surface area (Å²) in [6.07, 6.45) is 3.80. The number of nitrogens with one attached hydrogen (secondary N) is 1. The van der Waals surface area contributed by atoms with E-state index in [1.807, 2.05) is 19.1 Å². The Bertz CT molecular complexity index is 840. The first-order chi connectivity index (χ1) is 12.5. The minimum atomic E-state index is -0.195. The molecule has 0 aromatic heterocycles. The van der Waals surface area contributed by atoms with Crippen molar-refractivity contribution < 1.29 is 19.1 Å². The number of ketones is 1. The van der Waals surface area contributed by atoms with Crippen molar-refractivity contribution >= 4 is 23.5 Å². The van der Waals surface area contributed by atoms with Gasteiger partial charge in [-0.1, -0.05) is 30.4 Å². The zero-order chi connectivity index (χ0) is 19.1. The van der Waals surface area contributed by atoms with Gasteiger partial charge in [0.2, 0.25) is 5.91 Å². The van der Waals surface area contributed by atoms with Crippen molar-refractivity contribution in [3.8, 4) is 11.5 Å². The van der Waals surface area contributed by atoms with E-state index in [-0.39, 0.29) is 18.1 Å². The zero-order valence-electron chi connectivity index (χ0n) is 15.5. The molecule has 136 valence electrons. The van der Waals surface area contributed by atoms with Crippen LogP contribution in [-0.2, 0) is 11.2 Å². The van der Waals surface area contributed by atoms with E-state index in [0.29, 0.717) is 28.3 Å². The summed E-state index contributed by atoms with van der Waals surface area (Å²) in [5.74, 6) is 1.01. The predicted octanol–water partition coefficient (Wildman–Crippen LogP) is 4.12. The van der Waals surface area contributed by atoms with Gasteiger partial charge in [0.25, 0.3) is 0 Å². The second-order valence-electron chi connectivity index (χ2n) is 5.73. The van der Waals surface area contributed by atoms with Gasteiger partial charge >= 0.3 is 0 Å². The Morgan fingerprint density at radius 3 is 2.50 bits per heavy atom. The van der Waals surface area contributed by atoms with Crippen LogP contribution in [0, 0.1) is 0 Å². The molecule has 0 aliphatic rings. The molecule has 5 nitrogen and oxygen atoms in total. The fraction of sp³-hybridized carbons (Fsp3) is 0.238. The molecule has 5 heteroatoms. The lowest BCUT2D eigenvalue weighted by Crippen LogP contribution is -2.16. The summed E-state index contributed by atoms with van der Waals surface area (Å²) in [6, 6.07) is 10.6. The number of Topliss-reactive ketones (excluding diaryl/α,β-unsaturated/α-hetero) is 1. The van der Waals surface area contributed by atoms with Gasteiger partial charge in [0, 0.05) is 28.4 Å². The molecule has 0 bridgehead atoms. The number of rotatable bonds is 7. The Labute approximate surface area is 153 Å². The summed E-state index contributed by atoms with van der Waals surface area (Å²) in [5, 5.41) is 2.89. The normalized spacial score (nSPS) is 10.6. The van der Waals surface area contributed by atoms with Crippen LogP contribution in [0.15, 0.2) is 42.5 Å². The highest BCUT2D eigenvalue weighted by Gasteiger charge is 2.14. The largest absolute Gasteiger partial charge is 0.497 e. The van der Waals surface area contributed by atoms with Crippen molar-refractivity contribution in [1.82, 2.24) is 0 Å². The number of amides is 1. The van der Waals surface area contributed by atoms with Gasteiger partial charge in [0.05, 0.1) is 20.6 Å². The van der Waals surface area contributed by atoms with Crippen molar-refractivity contribution in [3.05, 3.63) is 59.2 Å². The molecule has 0 saturated carbocycles. The number of methoxy groups -OCH3 is 2. The highest BCUT2D eigenvalue weighted by Crippen LogP contribution is 2.26. The quantitative estimate of drug-likeness (QED) is 0.761. The van der Waals surface area contributed by atoms with Crippen molar-refractivity contribution in [3.63, 3.8) is 0 Å². The highest BCUT2D eigenvalue weighted by molar-refractivity contribution is 6.02. The summed E-state index contributed by atoms with van der Waals surface area (Å²) in [6.45, 7) is 3.38. The number of hydrogen-bond acceptors (Lipinski definition) is 4. The van der Waals surface area contributed by atoms with Gasteiger partial charge in [0.1, 0.15) is 11.5 Å². The Morgan fingerprint density at radius 2 is 1.88 bits per heavy atom. The summed E-state index contributed by atoms with van der Waals surface area (Å²) in [7, 11) is 3.13. The Hall–Kier alpha value is -3.08. The van der Waals surface area contributed by atoms with E-state index in [0.717, 1.165) is 5.56 Å². The van der Waals surface area contributed by atoms with Crippen LogP contribution in [0.3, 0.4) is 0 Å². The topological polar surface area (TPSA) is 64.6 Å². The number of allylic oxidation sites excluding steroid dienone is 1. The molecule has 2 rings (SSSR count). The maximum absolute atomic E-state index is 12.5. The first-order valence-corrected chi connectivity index (χ1v) is 8.27. The number of ether oxygens (including phenoxy) is 2. The number of carbonyl (C=O) groups excluding carboxylic acids is 2. The molecule has 2 aromatic carbocycles. The number of anilines is 1. The maximum Gasteiger partial charge on any atom is 0.228 e. The maximum atomic E-state index is 12.5. The van der Waals surface area contributed by atoms with Crippen LogP contribution >= 0.6 is 0 Å². The van der Waals surface area contributed by atoms with Crippen LogP contribution < -0.4 is 14.8 Å². The third kappa shape index (κ3) is 4.51. The fourth-order valence-corrected chi connectivity index (χ4v) is 2.69. The van der Waals surface area contributed by atoms with Crippen molar-refractivity contribution in [2.45, 2.75) is 20.3 Å². The second kappa shape index (κ2) is 8.85. The smallest absolute Gasteiger partial charge is 0.228 e. The van der Waals surface area contributed by atoms with Crippen LogP contribution in [0.4, 0.5) is 5.69 Å². The summed E-state index contributed by atoms with van der Waals surface area (Å²) < 4.78 is 10.5. The zero-order valence-corrected chi connectivity index (χ0v) is 15.5. The molecule has 26 heavy (non-hydrogen) atoms. The van der Waals surface area contributed by atoms with E-state index in [9.17, 15) is 9.59 Å². The van der Waals surface area contributed by atoms with E-state index in [1.54, 1.807) is 50.6 Å². The molecule has 0 fully saturated rings. The third-order valence-corrected chi connectivity index (χ3v) is 3.94. The van der Waals surface area contributed by atoms with E-state index < -0.39 is 0 Å². The lowest BCUT2D eigenvalue weighted by molar-refractivity contribution is -0.115. The van der Waals surface area contributed by atoms with Gasteiger partial charge in [0.15, 0.2) is 5.78 Å². The molecule has 0 saturated heterocycles.